The van der Waals surface area contributed by atoms with Gasteiger partial charge in [-0.1, -0.05) is 79.6 Å². The minimum atomic E-state index is -0.451. The summed E-state index contributed by atoms with van der Waals surface area (Å²) in [5.74, 6) is 0. The first-order valence-corrected chi connectivity index (χ1v) is 12.8. The molecular formula is C30H41NO3. The largest absolute Gasteiger partial charge is 0.444 e. The van der Waals surface area contributed by atoms with Crippen molar-refractivity contribution in [3.63, 3.8) is 0 Å². The molecule has 2 aromatic carbocycles. The summed E-state index contributed by atoms with van der Waals surface area (Å²) in [6, 6.07) is 19.4. The van der Waals surface area contributed by atoms with Crippen molar-refractivity contribution < 1.29 is 14.3 Å². The summed E-state index contributed by atoms with van der Waals surface area (Å²) in [5, 5.41) is 0. The number of benzene rings is 2. The molecule has 0 N–H and O–H groups in total. The van der Waals surface area contributed by atoms with Crippen LogP contribution in [0, 0.1) is 0 Å². The minimum Gasteiger partial charge on any atom is -0.444 e. The second-order valence-electron chi connectivity index (χ2n) is 10.1. The number of carbonyl (C=O) groups excluding carboxylic acids is 1. The van der Waals surface area contributed by atoms with Gasteiger partial charge in [-0.05, 0) is 69.6 Å². The highest BCUT2D eigenvalue weighted by atomic mass is 16.6. The Balaban J connectivity index is 1.23. The molecule has 1 amide bonds. The summed E-state index contributed by atoms with van der Waals surface area (Å²) in [5.41, 5.74) is 3.31. The molecule has 0 aromatic heterocycles. The van der Waals surface area contributed by atoms with Gasteiger partial charge in [-0.3, -0.25) is 0 Å². The Morgan fingerprint density at radius 3 is 2.41 bits per heavy atom. The van der Waals surface area contributed by atoms with Crippen molar-refractivity contribution >= 4 is 12.2 Å². The first kappa shape index (κ1) is 26.0. The van der Waals surface area contributed by atoms with Crippen molar-refractivity contribution in [2.75, 3.05) is 19.8 Å². The van der Waals surface area contributed by atoms with Gasteiger partial charge in [0.15, 0.2) is 0 Å². The van der Waals surface area contributed by atoms with Gasteiger partial charge in [0.25, 0.3) is 0 Å². The molecule has 0 unspecified atom stereocenters. The van der Waals surface area contributed by atoms with Crippen LogP contribution in [-0.4, -0.2) is 42.4 Å². The van der Waals surface area contributed by atoms with Crippen LogP contribution in [0.15, 0.2) is 60.7 Å². The molecule has 1 heterocycles. The smallest absolute Gasteiger partial charge is 0.410 e. The number of hydrogen-bond donors (Lipinski definition) is 0. The van der Waals surface area contributed by atoms with Gasteiger partial charge >= 0.3 is 6.09 Å². The molecule has 1 fully saturated rings. The molecule has 0 saturated carbocycles. The van der Waals surface area contributed by atoms with E-state index in [1.165, 1.54) is 36.0 Å². The number of ether oxygens (including phenoxy) is 2. The van der Waals surface area contributed by atoms with Crippen LogP contribution in [0.3, 0.4) is 0 Å². The summed E-state index contributed by atoms with van der Waals surface area (Å²) in [6.45, 7) is 7.88. The van der Waals surface area contributed by atoms with Gasteiger partial charge in [-0.2, -0.15) is 0 Å². The Kier molecular flexibility index (Phi) is 10.2. The van der Waals surface area contributed by atoms with Crippen molar-refractivity contribution in [2.45, 2.75) is 77.4 Å². The predicted molar refractivity (Wildman–Crippen MR) is 141 cm³/mol. The predicted octanol–water partition coefficient (Wildman–Crippen LogP) is 7.73. The number of amides is 1. The van der Waals surface area contributed by atoms with E-state index in [9.17, 15) is 4.79 Å². The molecule has 4 nitrogen and oxygen atoms in total. The van der Waals surface area contributed by atoms with Gasteiger partial charge in [0, 0.05) is 13.2 Å². The van der Waals surface area contributed by atoms with Gasteiger partial charge in [0.1, 0.15) is 5.60 Å². The van der Waals surface area contributed by atoms with E-state index in [1.54, 1.807) is 0 Å². The average Bonchev–Trinajstić information content (AvgIpc) is 3.29. The zero-order valence-electron chi connectivity index (χ0n) is 21.2. The average molecular weight is 464 g/mol. The van der Waals surface area contributed by atoms with E-state index in [1.807, 2.05) is 31.7 Å². The lowest BCUT2D eigenvalue weighted by molar-refractivity contribution is 0.0103. The van der Waals surface area contributed by atoms with Crippen molar-refractivity contribution in [1.82, 2.24) is 4.90 Å². The molecule has 0 spiro atoms. The van der Waals surface area contributed by atoms with Crippen LogP contribution in [0.2, 0.25) is 0 Å². The monoisotopic (exact) mass is 463 g/mol. The van der Waals surface area contributed by atoms with E-state index in [0.29, 0.717) is 6.61 Å². The molecule has 34 heavy (non-hydrogen) atoms. The first-order chi connectivity index (χ1) is 16.4. The van der Waals surface area contributed by atoms with Crippen LogP contribution in [0.4, 0.5) is 4.79 Å². The second kappa shape index (κ2) is 13.3. The van der Waals surface area contributed by atoms with Gasteiger partial charge in [0.05, 0.1) is 12.6 Å². The number of allylic oxidation sites excluding steroid dienone is 1. The Bertz CT molecular complexity index is 884. The highest BCUT2D eigenvalue weighted by Crippen LogP contribution is 2.22. The zero-order valence-corrected chi connectivity index (χ0v) is 21.2. The Morgan fingerprint density at radius 2 is 1.68 bits per heavy atom. The molecule has 4 heteroatoms. The van der Waals surface area contributed by atoms with Gasteiger partial charge in [-0.25, -0.2) is 4.79 Å². The summed E-state index contributed by atoms with van der Waals surface area (Å²) in [4.78, 5) is 14.2. The fourth-order valence-corrected chi connectivity index (χ4v) is 4.25. The van der Waals surface area contributed by atoms with E-state index >= 15 is 0 Å². The molecule has 1 atom stereocenters. The lowest BCUT2D eigenvalue weighted by Gasteiger charge is -2.28. The lowest BCUT2D eigenvalue weighted by atomic mass is 10.0. The SMILES string of the molecule is CC(C)(C)OC(=O)N1CCC[C@H]1COCCCCCC/C=C/c1ccc(-c2ccccc2)cc1. The number of hydrogen-bond acceptors (Lipinski definition) is 3. The molecule has 2 aromatic rings. The zero-order chi connectivity index (χ0) is 24.2. The van der Waals surface area contributed by atoms with E-state index in [2.05, 4.69) is 60.7 Å². The standard InChI is InChI=1S/C30H41NO3/c1-30(2,3)34-29(32)31-22-13-17-28(31)24-33-23-12-7-5-4-6-9-14-25-18-20-27(21-19-25)26-15-10-8-11-16-26/h8-11,14-16,18-21,28H,4-7,12-13,17,22-24H2,1-3H3/b14-9+/t28-/m0/s1. The molecule has 0 radical (unpaired) electrons. The van der Waals surface area contributed by atoms with E-state index < -0.39 is 5.60 Å². The van der Waals surface area contributed by atoms with Crippen LogP contribution in [0.25, 0.3) is 17.2 Å². The van der Waals surface area contributed by atoms with E-state index in [4.69, 9.17) is 9.47 Å². The Labute approximate surface area is 206 Å². The molecule has 1 aliphatic heterocycles. The molecule has 1 aliphatic rings. The number of nitrogens with zero attached hydrogens (tertiary/aromatic N) is 1. The number of unbranched alkanes of at least 4 members (excludes halogenated alkanes) is 4. The van der Waals surface area contributed by atoms with Crippen LogP contribution in [0.5, 0.6) is 0 Å². The molecule has 184 valence electrons. The van der Waals surface area contributed by atoms with Crippen LogP contribution in [-0.2, 0) is 9.47 Å². The summed E-state index contributed by atoms with van der Waals surface area (Å²) in [7, 11) is 0. The Hall–Kier alpha value is -2.59. The molecule has 1 saturated heterocycles. The Morgan fingerprint density at radius 1 is 0.971 bits per heavy atom. The molecular weight excluding hydrogens is 422 g/mol. The van der Waals surface area contributed by atoms with Crippen molar-refractivity contribution in [3.8, 4) is 11.1 Å². The summed E-state index contributed by atoms with van der Waals surface area (Å²) < 4.78 is 11.4. The van der Waals surface area contributed by atoms with E-state index in [-0.39, 0.29) is 12.1 Å². The third kappa shape index (κ3) is 8.98. The molecule has 0 aliphatic carbocycles. The summed E-state index contributed by atoms with van der Waals surface area (Å²) >= 11 is 0. The fraction of sp³-hybridized carbons (Fsp3) is 0.500. The van der Waals surface area contributed by atoms with Crippen LogP contribution in [0.1, 0.15) is 71.3 Å². The highest BCUT2D eigenvalue weighted by molar-refractivity contribution is 5.69. The molecule has 3 rings (SSSR count). The van der Waals surface area contributed by atoms with Gasteiger partial charge in [0.2, 0.25) is 0 Å². The third-order valence-electron chi connectivity index (χ3n) is 6.05. The van der Waals surface area contributed by atoms with Crippen molar-refractivity contribution in [1.29, 1.82) is 0 Å². The number of rotatable bonds is 11. The van der Waals surface area contributed by atoms with Crippen molar-refractivity contribution in [3.05, 3.63) is 66.2 Å². The highest BCUT2D eigenvalue weighted by Gasteiger charge is 2.32. The maximum atomic E-state index is 12.3. The van der Waals surface area contributed by atoms with Crippen molar-refractivity contribution in [2.24, 2.45) is 0 Å². The maximum Gasteiger partial charge on any atom is 0.410 e. The summed E-state index contributed by atoms with van der Waals surface area (Å²) in [6.07, 6.45) is 12.1. The second-order valence-corrected chi connectivity index (χ2v) is 10.1. The topological polar surface area (TPSA) is 38.8 Å². The number of likely N-dealkylation sites (tertiary alicyclic amines) is 1. The minimum absolute atomic E-state index is 0.154. The van der Waals surface area contributed by atoms with Gasteiger partial charge < -0.3 is 14.4 Å². The molecule has 0 bridgehead atoms. The first-order valence-electron chi connectivity index (χ1n) is 12.8. The fourth-order valence-electron chi connectivity index (χ4n) is 4.25. The normalized spacial score (nSPS) is 16.3. The quantitative estimate of drug-likeness (QED) is 0.320. The lowest BCUT2D eigenvalue weighted by Crippen LogP contribution is -2.41. The van der Waals surface area contributed by atoms with E-state index in [0.717, 1.165) is 38.8 Å². The van der Waals surface area contributed by atoms with Gasteiger partial charge in [-0.15, -0.1) is 0 Å². The maximum absolute atomic E-state index is 12.3. The number of carbonyl (C=O) groups is 1. The van der Waals surface area contributed by atoms with Crippen LogP contribution >= 0.6 is 0 Å². The third-order valence-corrected chi connectivity index (χ3v) is 6.05. The van der Waals surface area contributed by atoms with Crippen LogP contribution < -0.4 is 0 Å².